The molecule has 2 fully saturated rings. The molecule has 174 valence electrons. The highest BCUT2D eigenvalue weighted by atomic mass is 32.2. The Morgan fingerprint density at radius 1 is 1.25 bits per heavy atom. The Morgan fingerprint density at radius 3 is 2.66 bits per heavy atom. The molecule has 2 aromatic rings. The predicted octanol–water partition coefficient (Wildman–Crippen LogP) is 4.57. The molecule has 0 spiro atoms. The Hall–Kier alpha value is -2.36. The number of fused-ring (bicyclic) bond motifs is 1. The minimum atomic E-state index is -1.51. The van der Waals surface area contributed by atoms with Crippen molar-refractivity contribution in [2.24, 2.45) is 0 Å². The summed E-state index contributed by atoms with van der Waals surface area (Å²) in [5.41, 5.74) is -1.04. The summed E-state index contributed by atoms with van der Waals surface area (Å²) in [6.45, 7) is -0.192. The summed E-state index contributed by atoms with van der Waals surface area (Å²) in [5, 5.41) is 14.3. The van der Waals surface area contributed by atoms with E-state index in [1.54, 1.807) is 17.8 Å². The summed E-state index contributed by atoms with van der Waals surface area (Å²) in [5.74, 6) is 0.316. The second kappa shape index (κ2) is 9.64. The molecule has 32 heavy (non-hydrogen) atoms. The molecule has 0 saturated heterocycles. The number of aromatic nitrogens is 2. The minimum Gasteiger partial charge on any atom is -0.465 e. The maximum atomic E-state index is 14.7. The van der Waals surface area contributed by atoms with Crippen LogP contribution in [-0.4, -0.2) is 44.7 Å². The van der Waals surface area contributed by atoms with Crippen LogP contribution in [0.25, 0.3) is 10.9 Å². The van der Waals surface area contributed by atoms with Crippen LogP contribution >= 0.6 is 11.8 Å². The molecule has 10 heteroatoms. The fourth-order valence-electron chi connectivity index (χ4n) is 4.61. The highest BCUT2D eigenvalue weighted by molar-refractivity contribution is 7.99. The van der Waals surface area contributed by atoms with Crippen LogP contribution in [-0.2, 0) is 5.75 Å². The molecule has 0 unspecified atom stereocenters. The van der Waals surface area contributed by atoms with Crippen LogP contribution in [0.1, 0.15) is 57.2 Å². The molecule has 0 radical (unpaired) electrons. The van der Waals surface area contributed by atoms with Gasteiger partial charge in [-0.25, -0.2) is 18.6 Å². The maximum absolute atomic E-state index is 14.7. The van der Waals surface area contributed by atoms with E-state index in [0.717, 1.165) is 25.7 Å². The number of nitrogens with zero attached hydrogens (tertiary/aromatic N) is 1. The van der Waals surface area contributed by atoms with Crippen molar-refractivity contribution >= 4 is 34.4 Å². The quantitative estimate of drug-likeness (QED) is 0.476. The van der Waals surface area contributed by atoms with E-state index in [9.17, 15) is 18.4 Å². The summed E-state index contributed by atoms with van der Waals surface area (Å²) in [4.78, 5) is 30.2. The van der Waals surface area contributed by atoms with Crippen molar-refractivity contribution in [2.45, 2.75) is 74.1 Å². The van der Waals surface area contributed by atoms with Crippen molar-refractivity contribution in [3.8, 4) is 0 Å². The van der Waals surface area contributed by atoms with Gasteiger partial charge in [0.05, 0.1) is 17.8 Å². The van der Waals surface area contributed by atoms with Crippen molar-refractivity contribution in [3.63, 3.8) is 0 Å². The van der Waals surface area contributed by atoms with E-state index in [1.165, 1.54) is 6.07 Å². The molecule has 1 amide bonds. The normalized spacial score (nSPS) is 24.0. The van der Waals surface area contributed by atoms with Gasteiger partial charge < -0.3 is 20.7 Å². The zero-order valence-electron chi connectivity index (χ0n) is 17.8. The minimum absolute atomic E-state index is 0.0402. The summed E-state index contributed by atoms with van der Waals surface area (Å²) >= 11 is 1.58. The highest BCUT2D eigenvalue weighted by Gasteiger charge is 2.35. The van der Waals surface area contributed by atoms with Crippen molar-refractivity contribution < 1.29 is 18.7 Å². The highest BCUT2D eigenvalue weighted by Crippen LogP contribution is 2.37. The second-order valence-corrected chi connectivity index (χ2v) is 10.1. The molecule has 2 saturated carbocycles. The van der Waals surface area contributed by atoms with Gasteiger partial charge in [-0.3, -0.25) is 4.79 Å². The van der Waals surface area contributed by atoms with Crippen LogP contribution in [0.3, 0.4) is 0 Å². The monoisotopic (exact) mass is 466 g/mol. The van der Waals surface area contributed by atoms with Crippen LogP contribution in [0.5, 0.6) is 0 Å². The second-order valence-electron chi connectivity index (χ2n) is 8.81. The zero-order chi connectivity index (χ0) is 22.7. The number of nitrogens with one attached hydrogen (secondary N) is 3. The summed E-state index contributed by atoms with van der Waals surface area (Å²) in [6, 6.07) is 3.41. The first-order valence-corrected chi connectivity index (χ1v) is 12.1. The van der Waals surface area contributed by atoms with Crippen LogP contribution in [0.2, 0.25) is 0 Å². The molecule has 1 aromatic heterocycles. The molecular weight excluding hydrogens is 438 g/mol. The van der Waals surface area contributed by atoms with E-state index in [2.05, 4.69) is 20.6 Å². The van der Waals surface area contributed by atoms with Gasteiger partial charge >= 0.3 is 6.09 Å². The van der Waals surface area contributed by atoms with Crippen molar-refractivity contribution in [1.29, 1.82) is 0 Å². The maximum Gasteiger partial charge on any atom is 0.404 e. The van der Waals surface area contributed by atoms with Gasteiger partial charge in [0.2, 0.25) is 0 Å². The fourth-order valence-corrected chi connectivity index (χ4v) is 5.71. The van der Waals surface area contributed by atoms with E-state index < -0.39 is 23.1 Å². The molecule has 4 rings (SSSR count). The van der Waals surface area contributed by atoms with E-state index in [1.807, 2.05) is 0 Å². The van der Waals surface area contributed by atoms with Crippen LogP contribution in [0.4, 0.5) is 19.3 Å². The Kier molecular flexibility index (Phi) is 6.88. The van der Waals surface area contributed by atoms with E-state index in [-0.39, 0.29) is 30.0 Å². The van der Waals surface area contributed by atoms with Gasteiger partial charge in [0.25, 0.3) is 5.56 Å². The van der Waals surface area contributed by atoms with Gasteiger partial charge in [-0.05, 0) is 50.7 Å². The number of benzene rings is 1. The Balaban J connectivity index is 1.40. The molecule has 1 heterocycles. The van der Waals surface area contributed by atoms with Crippen molar-refractivity contribution in [1.82, 2.24) is 15.3 Å². The average molecular weight is 467 g/mol. The molecule has 0 bridgehead atoms. The molecule has 7 nitrogen and oxygen atoms in total. The number of H-pyrrole nitrogens is 1. The van der Waals surface area contributed by atoms with Gasteiger partial charge in [0.1, 0.15) is 22.7 Å². The third-order valence-corrected chi connectivity index (χ3v) is 7.76. The first-order chi connectivity index (χ1) is 15.3. The number of hydrogen-bond acceptors (Lipinski definition) is 5. The van der Waals surface area contributed by atoms with E-state index in [0.29, 0.717) is 41.7 Å². The van der Waals surface area contributed by atoms with Crippen LogP contribution in [0.15, 0.2) is 16.9 Å². The summed E-state index contributed by atoms with van der Waals surface area (Å²) < 4.78 is 29.3. The molecule has 0 atom stereocenters. The molecule has 2 aliphatic rings. The number of halogens is 2. The zero-order valence-corrected chi connectivity index (χ0v) is 18.6. The van der Waals surface area contributed by atoms with Crippen molar-refractivity contribution in [2.75, 3.05) is 11.9 Å². The van der Waals surface area contributed by atoms with Crippen molar-refractivity contribution in [3.05, 3.63) is 34.1 Å². The van der Waals surface area contributed by atoms with E-state index >= 15 is 0 Å². The molecule has 0 aliphatic heterocycles. The first-order valence-electron chi connectivity index (χ1n) is 11.1. The molecule has 1 aromatic carbocycles. The Morgan fingerprint density at radius 2 is 1.97 bits per heavy atom. The molecular formula is C22H28F2N4O3S. The lowest BCUT2D eigenvalue weighted by atomic mass is 9.86. The summed E-state index contributed by atoms with van der Waals surface area (Å²) in [6.07, 6.45) is 5.01. The number of alkyl halides is 1. The van der Waals surface area contributed by atoms with Gasteiger partial charge in [0, 0.05) is 17.0 Å². The summed E-state index contributed by atoms with van der Waals surface area (Å²) in [7, 11) is 0. The lowest BCUT2D eigenvalue weighted by molar-refractivity contribution is 0.104. The van der Waals surface area contributed by atoms with Gasteiger partial charge in [-0.1, -0.05) is 12.8 Å². The predicted molar refractivity (Wildman–Crippen MR) is 122 cm³/mol. The lowest BCUT2D eigenvalue weighted by Gasteiger charge is -2.33. The standard InChI is InChI=1S/C22H28F2N4O3S/c23-16-9-14(26-13-3-1-2-4-13)10-17-19(16)20(29)28-18(27-17)11-32-15-5-7-22(24,8-6-15)12-25-21(30)31/h9-10,13,15,25-26H,1-8,11-12H2,(H,30,31)(H,27,28,29). The largest absolute Gasteiger partial charge is 0.465 e. The molecule has 2 aliphatic carbocycles. The fraction of sp³-hybridized carbons (Fsp3) is 0.591. The topological polar surface area (TPSA) is 107 Å². The number of amides is 1. The number of anilines is 1. The smallest absolute Gasteiger partial charge is 0.404 e. The number of aromatic amines is 1. The lowest BCUT2D eigenvalue weighted by Crippen LogP contribution is -2.42. The average Bonchev–Trinajstić information content (AvgIpc) is 3.24. The van der Waals surface area contributed by atoms with Crippen LogP contribution < -0.4 is 16.2 Å². The third kappa shape index (κ3) is 5.51. The number of carbonyl (C=O) groups is 1. The Labute approximate surface area is 188 Å². The van der Waals surface area contributed by atoms with Gasteiger partial charge in [-0.15, -0.1) is 0 Å². The van der Waals surface area contributed by atoms with Gasteiger partial charge in [-0.2, -0.15) is 11.8 Å². The first kappa shape index (κ1) is 22.8. The number of rotatable bonds is 7. The SMILES string of the molecule is O=C(O)NCC1(F)CCC(SCc2nc3cc(NC4CCCC4)cc(F)c3c(=O)[nH]2)CC1. The van der Waals surface area contributed by atoms with Gasteiger partial charge in [0.15, 0.2) is 0 Å². The van der Waals surface area contributed by atoms with E-state index in [4.69, 9.17) is 5.11 Å². The third-order valence-electron chi connectivity index (χ3n) is 6.38. The Bertz CT molecular complexity index is 1030. The van der Waals surface area contributed by atoms with Crippen LogP contribution in [0, 0.1) is 5.82 Å². The molecule has 4 N–H and O–H groups in total. The number of thioether (sulfide) groups is 1. The number of hydrogen-bond donors (Lipinski definition) is 4. The number of carboxylic acid groups (broad SMARTS) is 1.